The fraction of sp³-hybridized carbons (Fsp3) is 0. The lowest BCUT2D eigenvalue weighted by Gasteiger charge is -2.09. The van der Waals surface area contributed by atoms with Crippen LogP contribution in [0.4, 0.5) is 0 Å². The smallest absolute Gasteiger partial charge is 0.144 e. The lowest BCUT2D eigenvalue weighted by atomic mass is 10.0. The predicted octanol–water partition coefficient (Wildman–Crippen LogP) is 13.8. The van der Waals surface area contributed by atoms with Crippen LogP contribution in [0.5, 0.6) is 0 Å². The molecule has 0 radical (unpaired) electrons. The van der Waals surface area contributed by atoms with Crippen molar-refractivity contribution in [1.29, 1.82) is 0 Å². The molecule has 12 aromatic rings. The van der Waals surface area contributed by atoms with Gasteiger partial charge in [0.05, 0.1) is 22.1 Å². The number of thiophene rings is 1. The van der Waals surface area contributed by atoms with E-state index >= 15 is 0 Å². The van der Waals surface area contributed by atoms with Gasteiger partial charge >= 0.3 is 0 Å². The number of furan rings is 1. The van der Waals surface area contributed by atoms with E-state index in [9.17, 15) is 0 Å². The Morgan fingerprint density at radius 3 is 1.65 bits per heavy atom. The van der Waals surface area contributed by atoms with Crippen LogP contribution in [0.1, 0.15) is 0 Å². The molecule has 0 saturated carbocycles. The maximum atomic E-state index is 6.76. The molecule has 4 heteroatoms. The topological polar surface area (TPSA) is 23.0 Å². The highest BCUT2D eigenvalue weighted by Crippen LogP contribution is 2.43. The zero-order valence-electron chi connectivity index (χ0n) is 27.9. The van der Waals surface area contributed by atoms with Crippen molar-refractivity contribution in [3.63, 3.8) is 0 Å². The van der Waals surface area contributed by atoms with E-state index < -0.39 is 0 Å². The number of para-hydroxylation sites is 3. The van der Waals surface area contributed by atoms with Crippen molar-refractivity contribution in [3.8, 4) is 22.5 Å². The highest BCUT2D eigenvalue weighted by atomic mass is 32.1. The van der Waals surface area contributed by atoms with Crippen LogP contribution in [-0.2, 0) is 0 Å². The van der Waals surface area contributed by atoms with Gasteiger partial charge in [0.25, 0.3) is 0 Å². The van der Waals surface area contributed by atoms with Crippen LogP contribution in [-0.4, -0.2) is 9.13 Å². The molecule has 4 aromatic heterocycles. The summed E-state index contributed by atoms with van der Waals surface area (Å²) in [6.07, 6.45) is 0. The molecule has 52 heavy (non-hydrogen) atoms. The number of aromatic nitrogens is 2. The summed E-state index contributed by atoms with van der Waals surface area (Å²) >= 11 is 1.83. The first-order chi connectivity index (χ1) is 25.8. The Morgan fingerprint density at radius 1 is 0.365 bits per heavy atom. The Kier molecular flexibility index (Phi) is 5.65. The number of fused-ring (bicyclic) bond motifs is 13. The molecule has 0 spiro atoms. The average molecular weight is 681 g/mol. The molecule has 12 rings (SSSR count). The molecule has 0 bridgehead atoms. The molecular weight excluding hydrogens is 653 g/mol. The second kappa shape index (κ2) is 10.5. The Labute approximate surface area is 301 Å². The van der Waals surface area contributed by atoms with Gasteiger partial charge in [-0.1, -0.05) is 84.9 Å². The van der Waals surface area contributed by atoms with E-state index in [1.165, 1.54) is 80.6 Å². The summed E-state index contributed by atoms with van der Waals surface area (Å²) < 4.78 is 14.1. The average Bonchev–Trinajstić information content (AvgIpc) is 3.95. The molecule has 4 heterocycles. The summed E-state index contributed by atoms with van der Waals surface area (Å²) in [5.41, 5.74) is 11.3. The Balaban J connectivity index is 1.04. The fourth-order valence-electron chi connectivity index (χ4n) is 8.61. The minimum Gasteiger partial charge on any atom is -0.455 e. The molecule has 0 amide bonds. The third-order valence-corrected chi connectivity index (χ3v) is 12.1. The van der Waals surface area contributed by atoms with Crippen LogP contribution < -0.4 is 0 Å². The number of hydrogen-bond acceptors (Lipinski definition) is 2. The molecule has 0 atom stereocenters. The predicted molar refractivity (Wildman–Crippen MR) is 221 cm³/mol. The number of rotatable bonds is 3. The van der Waals surface area contributed by atoms with Gasteiger partial charge in [-0.25, -0.2) is 0 Å². The monoisotopic (exact) mass is 680 g/mol. The highest BCUT2D eigenvalue weighted by molar-refractivity contribution is 7.26. The van der Waals surface area contributed by atoms with Crippen molar-refractivity contribution in [2.75, 3.05) is 0 Å². The van der Waals surface area contributed by atoms with Gasteiger partial charge in [-0.05, 0) is 90.0 Å². The molecule has 0 aliphatic rings. The van der Waals surface area contributed by atoms with Crippen LogP contribution in [0, 0.1) is 0 Å². The van der Waals surface area contributed by atoms with Crippen LogP contribution >= 0.6 is 11.3 Å². The maximum Gasteiger partial charge on any atom is 0.144 e. The van der Waals surface area contributed by atoms with Crippen molar-refractivity contribution >= 4 is 97.1 Å². The van der Waals surface area contributed by atoms with Gasteiger partial charge in [-0.3, -0.25) is 0 Å². The maximum absolute atomic E-state index is 6.76. The molecule has 0 saturated heterocycles. The second-order valence-electron chi connectivity index (χ2n) is 13.7. The number of nitrogens with zero attached hydrogens (tertiary/aromatic N) is 2. The van der Waals surface area contributed by atoms with Crippen molar-refractivity contribution < 1.29 is 4.42 Å². The van der Waals surface area contributed by atoms with Gasteiger partial charge in [-0.15, -0.1) is 11.3 Å². The molecule has 0 aliphatic carbocycles. The van der Waals surface area contributed by atoms with E-state index in [0.29, 0.717) is 0 Å². The van der Waals surface area contributed by atoms with E-state index in [-0.39, 0.29) is 0 Å². The summed E-state index contributed by atoms with van der Waals surface area (Å²) in [6.45, 7) is 0. The summed E-state index contributed by atoms with van der Waals surface area (Å²) in [5.74, 6) is 0. The largest absolute Gasteiger partial charge is 0.455 e. The minimum atomic E-state index is 0.904. The highest BCUT2D eigenvalue weighted by Gasteiger charge is 2.19. The number of hydrogen-bond donors (Lipinski definition) is 0. The van der Waals surface area contributed by atoms with Crippen LogP contribution in [0.2, 0.25) is 0 Å². The first kappa shape index (κ1) is 28.1. The molecule has 242 valence electrons. The van der Waals surface area contributed by atoms with E-state index in [0.717, 1.165) is 27.6 Å². The van der Waals surface area contributed by atoms with Crippen molar-refractivity contribution in [2.24, 2.45) is 0 Å². The molecule has 0 aliphatic heterocycles. The van der Waals surface area contributed by atoms with Gasteiger partial charge in [0.15, 0.2) is 0 Å². The standard InChI is InChI=1S/C48H28N2OS/c1-2-10-31(11-3-1)49-40-15-7-4-12-33(40)38-26-29(18-23-42(38)49)30-19-24-43-39(27-30)34-13-5-8-16-41(34)50(43)32-20-21-35-36-22-25-46-47(48(36)51-44(35)28-32)37-14-6-9-17-45(37)52-46/h1-28H. The third kappa shape index (κ3) is 3.84. The van der Waals surface area contributed by atoms with E-state index in [1.54, 1.807) is 0 Å². The first-order valence-electron chi connectivity index (χ1n) is 17.7. The second-order valence-corrected chi connectivity index (χ2v) is 14.8. The molecule has 8 aromatic carbocycles. The molecule has 3 nitrogen and oxygen atoms in total. The van der Waals surface area contributed by atoms with E-state index in [4.69, 9.17) is 4.42 Å². The van der Waals surface area contributed by atoms with Gasteiger partial charge in [0, 0.05) is 69.9 Å². The molecular formula is C48H28N2OS. The Bertz CT molecular complexity index is 3410. The molecule has 0 fully saturated rings. The van der Waals surface area contributed by atoms with Crippen molar-refractivity contribution in [1.82, 2.24) is 9.13 Å². The van der Waals surface area contributed by atoms with Crippen LogP contribution in [0.3, 0.4) is 0 Å². The normalized spacial score (nSPS) is 12.2. The summed E-state index contributed by atoms with van der Waals surface area (Å²) in [6, 6.07) is 61.7. The summed E-state index contributed by atoms with van der Waals surface area (Å²) in [4.78, 5) is 0. The minimum absolute atomic E-state index is 0.904. The van der Waals surface area contributed by atoms with Gasteiger partial charge in [0.2, 0.25) is 0 Å². The van der Waals surface area contributed by atoms with Crippen LogP contribution in [0.25, 0.3) is 108 Å². The Morgan fingerprint density at radius 2 is 0.942 bits per heavy atom. The van der Waals surface area contributed by atoms with Gasteiger partial charge < -0.3 is 13.6 Å². The zero-order chi connectivity index (χ0) is 33.9. The van der Waals surface area contributed by atoms with Crippen molar-refractivity contribution in [3.05, 3.63) is 170 Å². The lowest BCUT2D eigenvalue weighted by molar-refractivity contribution is 0.672. The molecule has 0 unspecified atom stereocenters. The fourth-order valence-corrected chi connectivity index (χ4v) is 9.71. The van der Waals surface area contributed by atoms with E-state index in [2.05, 4.69) is 179 Å². The molecule has 0 N–H and O–H groups in total. The van der Waals surface area contributed by atoms with Crippen LogP contribution in [0.15, 0.2) is 174 Å². The SMILES string of the molecule is c1ccc(-n2c3ccccc3c3cc(-c4ccc5c(c4)c4ccccc4n5-c4ccc5c(c4)oc4c5ccc5sc6ccccc6c54)ccc32)cc1. The van der Waals surface area contributed by atoms with Gasteiger partial charge in [0.1, 0.15) is 11.2 Å². The van der Waals surface area contributed by atoms with Crippen molar-refractivity contribution in [2.45, 2.75) is 0 Å². The summed E-state index contributed by atoms with van der Waals surface area (Å²) in [7, 11) is 0. The first-order valence-corrected chi connectivity index (χ1v) is 18.5. The summed E-state index contributed by atoms with van der Waals surface area (Å²) in [5, 5.41) is 9.75. The number of benzene rings is 8. The van der Waals surface area contributed by atoms with E-state index in [1.807, 2.05) is 11.3 Å². The van der Waals surface area contributed by atoms with Gasteiger partial charge in [-0.2, -0.15) is 0 Å². The third-order valence-electron chi connectivity index (χ3n) is 10.9. The Hall–Kier alpha value is -6.62. The quantitative estimate of drug-likeness (QED) is 0.182. The lowest BCUT2D eigenvalue weighted by Crippen LogP contribution is -1.93. The zero-order valence-corrected chi connectivity index (χ0v) is 28.7.